The van der Waals surface area contributed by atoms with Crippen LogP contribution in [0.1, 0.15) is 0 Å². The summed E-state index contributed by atoms with van der Waals surface area (Å²) >= 11 is 0. The van der Waals surface area contributed by atoms with E-state index >= 15 is 0 Å². The molecule has 0 atom stereocenters. The number of hydrogen-bond acceptors (Lipinski definition) is 9. The van der Waals surface area contributed by atoms with Gasteiger partial charge in [-0.1, -0.05) is 6.58 Å². The highest BCUT2D eigenvalue weighted by atomic mass is 32.2. The van der Waals surface area contributed by atoms with Crippen molar-refractivity contribution in [2.24, 2.45) is 15.7 Å². The van der Waals surface area contributed by atoms with Crippen LogP contribution in [0.25, 0.3) is 0 Å². The number of amidine groups is 1. The Morgan fingerprint density at radius 3 is 2.28 bits per heavy atom. The molecule has 1 aromatic rings. The molecule has 1 heterocycles. The van der Waals surface area contributed by atoms with Gasteiger partial charge in [0.15, 0.2) is 0 Å². The Balaban J connectivity index is 2.61. The predicted octanol–water partition coefficient (Wildman–Crippen LogP) is 0.274. The molecule has 0 aliphatic carbocycles. The fourth-order valence-electron chi connectivity index (χ4n) is 1.81. The van der Waals surface area contributed by atoms with Crippen LogP contribution in [0, 0.1) is 0 Å². The number of rotatable bonds is 3. The summed E-state index contributed by atoms with van der Waals surface area (Å²) in [5.74, 6) is -1.08. The minimum atomic E-state index is -4.75. The van der Waals surface area contributed by atoms with Gasteiger partial charge in [0, 0.05) is 11.6 Å². The van der Waals surface area contributed by atoms with E-state index in [1.807, 2.05) is 0 Å². The number of nitrogens with zero attached hydrogens (tertiary/aromatic N) is 2. The summed E-state index contributed by atoms with van der Waals surface area (Å²) < 4.78 is 63.8. The van der Waals surface area contributed by atoms with Crippen molar-refractivity contribution >= 4 is 37.7 Å². The normalized spacial score (nSPS) is 15.8. The third-order valence-electron chi connectivity index (χ3n) is 2.84. The van der Waals surface area contributed by atoms with Crippen LogP contribution in [0.5, 0.6) is 0 Å². The standard InChI is InChI=1S/C12H12N4O7S2/c1-6-4-10(17)15-12(13)16-11(6)14-8-5-7(24(18,19)20)2-3-9(8)25(21,22)23/h2-5,17H,1H2,(H,18,19,20)(H,21,22,23)(H3,13,14,15,16). The van der Waals surface area contributed by atoms with Gasteiger partial charge in [0.1, 0.15) is 10.7 Å². The molecule has 0 saturated heterocycles. The second kappa shape index (κ2) is 6.29. The molecule has 0 amide bonds. The van der Waals surface area contributed by atoms with Gasteiger partial charge in [-0.25, -0.2) is 0 Å². The average molecular weight is 388 g/mol. The molecule has 0 saturated carbocycles. The van der Waals surface area contributed by atoms with E-state index in [0.717, 1.165) is 24.3 Å². The van der Waals surface area contributed by atoms with E-state index in [1.165, 1.54) is 0 Å². The second-order valence-corrected chi connectivity index (χ2v) is 7.50. The minimum Gasteiger partial charge on any atom is -0.493 e. The van der Waals surface area contributed by atoms with Crippen LogP contribution < -0.4 is 11.1 Å². The van der Waals surface area contributed by atoms with Crippen LogP contribution >= 0.6 is 0 Å². The first-order valence-corrected chi connectivity index (χ1v) is 9.15. The highest BCUT2D eigenvalue weighted by Crippen LogP contribution is 2.26. The molecule has 0 radical (unpaired) electrons. The van der Waals surface area contributed by atoms with Crippen LogP contribution in [-0.2, 0) is 20.2 Å². The number of aliphatic hydroxyl groups excluding tert-OH is 1. The van der Waals surface area contributed by atoms with Gasteiger partial charge >= 0.3 is 0 Å². The lowest BCUT2D eigenvalue weighted by Gasteiger charge is -2.13. The smallest absolute Gasteiger partial charge is 0.296 e. The molecule has 6 N–H and O–H groups in total. The molecule has 134 valence electrons. The number of nitrogens with two attached hydrogens (primary N) is 1. The number of aliphatic imine (C=N–C) groups is 2. The molecule has 1 aliphatic heterocycles. The van der Waals surface area contributed by atoms with Crippen molar-refractivity contribution in [2.45, 2.75) is 9.79 Å². The van der Waals surface area contributed by atoms with Gasteiger partial charge in [0.05, 0.1) is 10.6 Å². The Bertz CT molecular complexity index is 1050. The third kappa shape index (κ3) is 4.42. The van der Waals surface area contributed by atoms with Crippen LogP contribution in [0.3, 0.4) is 0 Å². The van der Waals surface area contributed by atoms with Gasteiger partial charge in [-0.05, 0) is 18.2 Å². The van der Waals surface area contributed by atoms with E-state index in [1.54, 1.807) is 0 Å². The Morgan fingerprint density at radius 2 is 1.72 bits per heavy atom. The van der Waals surface area contributed by atoms with Crippen molar-refractivity contribution in [3.05, 3.63) is 42.3 Å². The SMILES string of the molecule is C=C1C=C(O)N=C(N)N=C1Nc1cc(S(=O)(=O)O)ccc1S(=O)(=O)O. The highest BCUT2D eigenvalue weighted by Gasteiger charge is 2.21. The zero-order chi connectivity index (χ0) is 19.0. The van der Waals surface area contributed by atoms with Gasteiger partial charge < -0.3 is 16.2 Å². The molecule has 25 heavy (non-hydrogen) atoms. The lowest BCUT2D eigenvalue weighted by Crippen LogP contribution is -2.20. The maximum Gasteiger partial charge on any atom is 0.296 e. The van der Waals surface area contributed by atoms with Crippen LogP contribution in [-0.4, -0.2) is 42.8 Å². The summed E-state index contributed by atoms with van der Waals surface area (Å²) in [5.41, 5.74) is 5.03. The van der Waals surface area contributed by atoms with Crippen molar-refractivity contribution in [3.63, 3.8) is 0 Å². The Hall–Kier alpha value is -2.74. The topological polar surface area (TPSA) is 192 Å². The zero-order valence-electron chi connectivity index (χ0n) is 12.3. The molecule has 11 nitrogen and oxygen atoms in total. The van der Waals surface area contributed by atoms with E-state index in [2.05, 4.69) is 21.9 Å². The molecule has 0 aromatic heterocycles. The Labute approximate surface area is 142 Å². The Kier molecular flexibility index (Phi) is 4.68. The summed E-state index contributed by atoms with van der Waals surface area (Å²) in [7, 11) is -9.40. The first kappa shape index (κ1) is 18.6. The third-order valence-corrected chi connectivity index (χ3v) is 4.60. The van der Waals surface area contributed by atoms with Crippen molar-refractivity contribution in [3.8, 4) is 0 Å². The van der Waals surface area contributed by atoms with E-state index in [9.17, 15) is 26.5 Å². The van der Waals surface area contributed by atoms with Gasteiger partial charge in [0.2, 0.25) is 11.8 Å². The van der Waals surface area contributed by atoms with Crippen LogP contribution in [0.2, 0.25) is 0 Å². The number of guanidine groups is 1. The van der Waals surface area contributed by atoms with E-state index in [0.29, 0.717) is 0 Å². The highest BCUT2D eigenvalue weighted by molar-refractivity contribution is 7.86. The number of hydrogen-bond donors (Lipinski definition) is 5. The quantitative estimate of drug-likeness (QED) is 0.452. The summed E-state index contributed by atoms with van der Waals surface area (Å²) in [5, 5.41) is 11.9. The van der Waals surface area contributed by atoms with Crippen LogP contribution in [0.15, 0.2) is 62.1 Å². The van der Waals surface area contributed by atoms with E-state index < -0.39 is 47.6 Å². The number of anilines is 1. The summed E-state index contributed by atoms with van der Waals surface area (Å²) in [6, 6.07) is 2.32. The maximum atomic E-state index is 11.5. The molecule has 13 heteroatoms. The molecular weight excluding hydrogens is 376 g/mol. The molecule has 1 aliphatic rings. The molecule has 1 aromatic carbocycles. The fourth-order valence-corrected chi connectivity index (χ4v) is 2.95. The van der Waals surface area contributed by atoms with Gasteiger partial charge in [-0.2, -0.15) is 26.8 Å². The summed E-state index contributed by atoms with van der Waals surface area (Å²) in [6.45, 7) is 3.56. The van der Waals surface area contributed by atoms with Crippen molar-refractivity contribution in [2.75, 3.05) is 5.32 Å². The molecule has 2 rings (SSSR count). The lowest BCUT2D eigenvalue weighted by molar-refractivity contribution is 0.407. The van der Waals surface area contributed by atoms with E-state index in [4.69, 9.17) is 10.3 Å². The molecular formula is C12H12N4O7S2. The van der Waals surface area contributed by atoms with Gasteiger partial charge in [-0.15, -0.1) is 0 Å². The predicted molar refractivity (Wildman–Crippen MR) is 88.6 cm³/mol. The minimum absolute atomic E-state index is 0.0280. The van der Waals surface area contributed by atoms with Gasteiger partial charge in [0.25, 0.3) is 20.2 Å². The largest absolute Gasteiger partial charge is 0.493 e. The Morgan fingerprint density at radius 1 is 1.08 bits per heavy atom. The first-order valence-electron chi connectivity index (χ1n) is 6.27. The number of aliphatic hydroxyl groups is 1. The molecule has 0 spiro atoms. The van der Waals surface area contributed by atoms with Crippen LogP contribution in [0.4, 0.5) is 5.69 Å². The van der Waals surface area contributed by atoms with Crippen molar-refractivity contribution in [1.82, 2.24) is 0 Å². The number of benzene rings is 1. The van der Waals surface area contributed by atoms with Crippen molar-refractivity contribution in [1.29, 1.82) is 0 Å². The molecule has 0 fully saturated rings. The van der Waals surface area contributed by atoms with Crippen molar-refractivity contribution < 1.29 is 31.0 Å². The molecule has 0 unspecified atom stereocenters. The summed E-state index contributed by atoms with van der Waals surface area (Å²) in [4.78, 5) is 5.89. The van der Waals surface area contributed by atoms with Gasteiger partial charge in [-0.3, -0.25) is 9.11 Å². The summed E-state index contributed by atoms with van der Waals surface area (Å²) in [6.07, 6.45) is 1.06. The first-order chi connectivity index (χ1) is 11.4. The number of nitrogens with one attached hydrogen (secondary N) is 1. The monoisotopic (exact) mass is 388 g/mol. The van der Waals surface area contributed by atoms with E-state index in [-0.39, 0.29) is 11.4 Å². The zero-order valence-corrected chi connectivity index (χ0v) is 13.9. The maximum absolute atomic E-state index is 11.5. The average Bonchev–Trinajstić information content (AvgIpc) is 2.54. The molecule has 0 bridgehead atoms. The second-order valence-electron chi connectivity index (χ2n) is 4.69. The fraction of sp³-hybridized carbons (Fsp3) is 0. The lowest BCUT2D eigenvalue weighted by atomic mass is 10.2.